The van der Waals surface area contributed by atoms with Crippen molar-refractivity contribution >= 4 is 11.7 Å². The van der Waals surface area contributed by atoms with Gasteiger partial charge in [0.1, 0.15) is 5.56 Å². The number of fused-ring (bicyclic) bond motifs is 1. The number of nitrogens with two attached hydrogens (primary N) is 1. The molecule has 1 aliphatic carbocycles. The molecule has 0 spiro atoms. The monoisotopic (exact) mass is 431 g/mol. The van der Waals surface area contributed by atoms with Crippen LogP contribution in [0.15, 0.2) is 54.9 Å². The highest BCUT2D eigenvalue weighted by molar-refractivity contribution is 6.03. The minimum atomic E-state index is -0.495. The molecular weight excluding hydrogens is 404 g/mol. The lowest BCUT2D eigenvalue weighted by atomic mass is 9.93. The van der Waals surface area contributed by atoms with Gasteiger partial charge >= 0.3 is 0 Å². The van der Waals surface area contributed by atoms with E-state index in [1.54, 1.807) is 26.5 Å². The lowest BCUT2D eigenvalue weighted by molar-refractivity contribution is -0.688. The smallest absolute Gasteiger partial charge is 0.255 e. The van der Waals surface area contributed by atoms with Crippen LogP contribution >= 0.6 is 0 Å². The molecule has 32 heavy (non-hydrogen) atoms. The van der Waals surface area contributed by atoms with Crippen LogP contribution in [0.3, 0.4) is 0 Å². The maximum absolute atomic E-state index is 13.1. The number of rotatable bonds is 7. The zero-order chi connectivity index (χ0) is 22.8. The molecule has 3 aromatic rings. The Morgan fingerprint density at radius 2 is 1.81 bits per heavy atom. The van der Waals surface area contributed by atoms with Crippen molar-refractivity contribution in [2.45, 2.75) is 26.3 Å². The van der Waals surface area contributed by atoms with Gasteiger partial charge in [0.2, 0.25) is 0 Å². The number of aromatic nitrogens is 1. The number of methoxy groups -OCH3 is 2. The highest BCUT2D eigenvalue weighted by atomic mass is 16.5. The molecule has 6 heteroatoms. The van der Waals surface area contributed by atoms with Gasteiger partial charge in [0.05, 0.1) is 14.2 Å². The fraction of sp³-hybridized carbons (Fsp3) is 0.269. The third kappa shape index (κ3) is 4.08. The molecule has 0 saturated carbocycles. The van der Waals surface area contributed by atoms with Crippen molar-refractivity contribution in [2.75, 3.05) is 14.2 Å². The Hall–Kier alpha value is -3.67. The maximum atomic E-state index is 13.1. The number of Topliss-reactive ketones (excluding diaryl/α,β-unsaturated/α-hetero) is 1. The van der Waals surface area contributed by atoms with Gasteiger partial charge in [0.15, 0.2) is 36.2 Å². The molecule has 1 aromatic heterocycles. The van der Waals surface area contributed by atoms with Crippen molar-refractivity contribution in [3.63, 3.8) is 0 Å². The van der Waals surface area contributed by atoms with Gasteiger partial charge in [0, 0.05) is 23.1 Å². The van der Waals surface area contributed by atoms with Crippen molar-refractivity contribution in [2.24, 2.45) is 11.7 Å². The second-order valence-corrected chi connectivity index (χ2v) is 8.18. The molecule has 0 aliphatic heterocycles. The Labute approximate surface area is 187 Å². The van der Waals surface area contributed by atoms with E-state index >= 15 is 0 Å². The second-order valence-electron chi connectivity index (χ2n) is 8.18. The number of ether oxygens (including phenoxy) is 2. The van der Waals surface area contributed by atoms with Crippen LogP contribution in [0.1, 0.15) is 43.0 Å². The molecule has 1 heterocycles. The normalized spacial score (nSPS) is 14.8. The Morgan fingerprint density at radius 3 is 2.50 bits per heavy atom. The summed E-state index contributed by atoms with van der Waals surface area (Å²) < 4.78 is 12.7. The summed E-state index contributed by atoms with van der Waals surface area (Å²) in [6, 6.07) is 13.6. The summed E-state index contributed by atoms with van der Waals surface area (Å²) in [6.45, 7) is 2.70. The molecule has 0 radical (unpaired) electrons. The number of aryl methyl sites for hydroxylation is 1. The van der Waals surface area contributed by atoms with Crippen LogP contribution < -0.4 is 19.8 Å². The number of nitrogens with zero attached hydrogens (tertiary/aromatic N) is 1. The fourth-order valence-electron chi connectivity index (χ4n) is 4.38. The number of primary amides is 1. The number of carbonyl (C=O) groups is 2. The number of ketones is 1. The minimum absolute atomic E-state index is 0.0491. The average Bonchev–Trinajstić information content (AvgIpc) is 3.09. The van der Waals surface area contributed by atoms with Gasteiger partial charge in [-0.05, 0) is 48.6 Å². The Bertz CT molecular complexity index is 1200. The SMILES string of the molecule is COc1cc2c(cc1OC)C(=O)C(Cc1cc[n+](Cc3ccccc3C)cc1C(N)=O)C2. The molecule has 6 nitrogen and oxygen atoms in total. The Balaban J connectivity index is 1.59. The standard InChI is InChI=1S/C26H26N2O4/c1-16-6-4-5-7-18(16)14-28-9-8-17(22(15-28)26(27)30)10-20-11-19-12-23(31-2)24(32-3)13-21(19)25(20)29/h4-9,12-13,15,20H,10-11,14H2,1-3H3,(H-,27,30)/p+1. The highest BCUT2D eigenvalue weighted by Crippen LogP contribution is 2.37. The van der Waals surface area contributed by atoms with Gasteiger partial charge in [-0.3, -0.25) is 9.59 Å². The van der Waals surface area contributed by atoms with E-state index in [0.717, 1.165) is 11.1 Å². The molecule has 1 unspecified atom stereocenters. The van der Waals surface area contributed by atoms with Crippen LogP contribution in [0.4, 0.5) is 0 Å². The number of benzene rings is 2. The number of pyridine rings is 1. The number of amides is 1. The van der Waals surface area contributed by atoms with Gasteiger partial charge in [-0.2, -0.15) is 4.57 Å². The summed E-state index contributed by atoms with van der Waals surface area (Å²) in [7, 11) is 3.13. The number of hydrogen-bond donors (Lipinski definition) is 1. The molecule has 4 rings (SSSR count). The first-order valence-corrected chi connectivity index (χ1v) is 10.6. The summed E-state index contributed by atoms with van der Waals surface area (Å²) in [4.78, 5) is 25.3. The molecule has 2 aromatic carbocycles. The van der Waals surface area contributed by atoms with Crippen LogP contribution in [-0.4, -0.2) is 25.9 Å². The van der Waals surface area contributed by atoms with Gasteiger partial charge < -0.3 is 15.2 Å². The fourth-order valence-corrected chi connectivity index (χ4v) is 4.38. The van der Waals surface area contributed by atoms with E-state index in [0.29, 0.717) is 42.0 Å². The molecule has 0 bridgehead atoms. The van der Waals surface area contributed by atoms with Crippen LogP contribution in [-0.2, 0) is 19.4 Å². The molecule has 2 N–H and O–H groups in total. The summed E-state index contributed by atoms with van der Waals surface area (Å²) in [6.07, 6.45) is 4.75. The van der Waals surface area contributed by atoms with Crippen molar-refractivity contribution in [1.82, 2.24) is 0 Å². The first-order chi connectivity index (χ1) is 15.4. The average molecular weight is 432 g/mol. The van der Waals surface area contributed by atoms with Crippen LogP contribution in [0.25, 0.3) is 0 Å². The van der Waals surface area contributed by atoms with E-state index in [2.05, 4.69) is 19.1 Å². The van der Waals surface area contributed by atoms with E-state index in [-0.39, 0.29) is 11.7 Å². The highest BCUT2D eigenvalue weighted by Gasteiger charge is 2.33. The van der Waals surface area contributed by atoms with Gasteiger partial charge in [-0.15, -0.1) is 0 Å². The minimum Gasteiger partial charge on any atom is -0.493 e. The third-order valence-corrected chi connectivity index (χ3v) is 6.17. The summed E-state index contributed by atoms with van der Waals surface area (Å²) in [5.41, 5.74) is 10.9. The molecule has 0 saturated heterocycles. The Kier molecular flexibility index (Phi) is 5.95. The zero-order valence-corrected chi connectivity index (χ0v) is 18.6. The van der Waals surface area contributed by atoms with Gasteiger partial charge in [0.25, 0.3) is 5.91 Å². The van der Waals surface area contributed by atoms with E-state index in [9.17, 15) is 9.59 Å². The number of hydrogen-bond acceptors (Lipinski definition) is 4. The van der Waals surface area contributed by atoms with Crippen LogP contribution in [0.2, 0.25) is 0 Å². The maximum Gasteiger partial charge on any atom is 0.255 e. The summed E-state index contributed by atoms with van der Waals surface area (Å²) >= 11 is 0. The van der Waals surface area contributed by atoms with Gasteiger partial charge in [-0.25, -0.2) is 0 Å². The van der Waals surface area contributed by atoms with E-state index in [4.69, 9.17) is 15.2 Å². The van der Waals surface area contributed by atoms with Crippen molar-refractivity contribution < 1.29 is 23.6 Å². The van der Waals surface area contributed by atoms with Crippen LogP contribution in [0.5, 0.6) is 11.5 Å². The van der Waals surface area contributed by atoms with Crippen molar-refractivity contribution in [3.05, 3.63) is 88.2 Å². The summed E-state index contributed by atoms with van der Waals surface area (Å²) in [5.74, 6) is 0.440. The van der Waals surface area contributed by atoms with E-state index in [1.807, 2.05) is 35.0 Å². The molecule has 1 aliphatic rings. The van der Waals surface area contributed by atoms with Crippen molar-refractivity contribution in [3.8, 4) is 11.5 Å². The first kappa shape index (κ1) is 21.6. The lowest BCUT2D eigenvalue weighted by Gasteiger charge is -2.11. The second kappa shape index (κ2) is 8.83. The molecule has 0 fully saturated rings. The predicted octanol–water partition coefficient (Wildman–Crippen LogP) is 3.04. The number of carbonyl (C=O) groups excluding carboxylic acids is 2. The van der Waals surface area contributed by atoms with Crippen molar-refractivity contribution in [1.29, 1.82) is 0 Å². The molecular formula is C26H27N2O4+. The topological polar surface area (TPSA) is 82.5 Å². The molecule has 1 atom stereocenters. The Morgan fingerprint density at radius 1 is 1.09 bits per heavy atom. The third-order valence-electron chi connectivity index (χ3n) is 6.17. The first-order valence-electron chi connectivity index (χ1n) is 10.6. The van der Waals surface area contributed by atoms with E-state index < -0.39 is 5.91 Å². The predicted molar refractivity (Wildman–Crippen MR) is 120 cm³/mol. The lowest BCUT2D eigenvalue weighted by Crippen LogP contribution is -2.36. The molecule has 164 valence electrons. The van der Waals surface area contributed by atoms with Crippen LogP contribution in [0, 0.1) is 12.8 Å². The quantitative estimate of drug-likeness (QED) is 0.583. The largest absolute Gasteiger partial charge is 0.493 e. The van der Waals surface area contributed by atoms with Gasteiger partial charge in [-0.1, -0.05) is 24.3 Å². The summed E-state index contributed by atoms with van der Waals surface area (Å²) in [5, 5.41) is 0. The molecule has 1 amide bonds. The van der Waals surface area contributed by atoms with E-state index in [1.165, 1.54) is 11.1 Å². The zero-order valence-electron chi connectivity index (χ0n) is 18.6.